The number of nitrogens with two attached hydrogens (primary N) is 1. The SMILES string of the molecule is COc1ccc(S(=O)(=O)N(C)C2CCS(=O)(=O)C2)cc1N. The molecular formula is C12H18N2O5S2. The number of sulfone groups is 1. The van der Waals surface area contributed by atoms with E-state index in [2.05, 4.69) is 0 Å². The Bertz CT molecular complexity index is 743. The first kappa shape index (κ1) is 16.1. The number of sulfonamides is 1. The van der Waals surface area contributed by atoms with Crippen LogP contribution in [0, 0.1) is 0 Å². The van der Waals surface area contributed by atoms with Crippen molar-refractivity contribution in [3.63, 3.8) is 0 Å². The van der Waals surface area contributed by atoms with Crippen molar-refractivity contribution in [3.05, 3.63) is 18.2 Å². The Hall–Kier alpha value is -1.32. The monoisotopic (exact) mass is 334 g/mol. The number of benzene rings is 1. The van der Waals surface area contributed by atoms with Crippen LogP contribution in [0.2, 0.25) is 0 Å². The minimum Gasteiger partial charge on any atom is -0.495 e. The van der Waals surface area contributed by atoms with E-state index in [9.17, 15) is 16.8 Å². The predicted octanol–water partition coefficient (Wildman–Crippen LogP) is 0.0850. The van der Waals surface area contributed by atoms with Crippen LogP contribution in [0.15, 0.2) is 23.1 Å². The molecule has 2 rings (SSSR count). The van der Waals surface area contributed by atoms with Crippen LogP contribution in [0.5, 0.6) is 5.75 Å². The molecule has 1 aromatic carbocycles. The summed E-state index contributed by atoms with van der Waals surface area (Å²) in [7, 11) is -4.11. The Morgan fingerprint density at radius 2 is 2.05 bits per heavy atom. The quantitative estimate of drug-likeness (QED) is 0.782. The summed E-state index contributed by atoms with van der Waals surface area (Å²) < 4.78 is 54.1. The van der Waals surface area contributed by atoms with Crippen molar-refractivity contribution in [1.29, 1.82) is 0 Å². The maximum atomic E-state index is 12.5. The molecule has 1 atom stereocenters. The molecule has 118 valence electrons. The summed E-state index contributed by atoms with van der Waals surface area (Å²) in [5.74, 6) is 0.261. The largest absolute Gasteiger partial charge is 0.495 e. The molecule has 1 fully saturated rings. The second kappa shape index (κ2) is 5.47. The van der Waals surface area contributed by atoms with E-state index in [1.807, 2.05) is 0 Å². The predicted molar refractivity (Wildman–Crippen MR) is 79.4 cm³/mol. The summed E-state index contributed by atoms with van der Waals surface area (Å²) in [5.41, 5.74) is 5.94. The zero-order valence-corrected chi connectivity index (χ0v) is 13.4. The van der Waals surface area contributed by atoms with Crippen molar-refractivity contribution >= 4 is 25.5 Å². The maximum Gasteiger partial charge on any atom is 0.243 e. The lowest BCUT2D eigenvalue weighted by Crippen LogP contribution is -2.37. The van der Waals surface area contributed by atoms with Gasteiger partial charge in [-0.15, -0.1) is 0 Å². The number of nitrogens with zero attached hydrogens (tertiary/aromatic N) is 1. The van der Waals surface area contributed by atoms with Crippen molar-refractivity contribution in [3.8, 4) is 5.75 Å². The molecule has 2 N–H and O–H groups in total. The van der Waals surface area contributed by atoms with Crippen LogP contribution >= 0.6 is 0 Å². The molecule has 0 aliphatic carbocycles. The zero-order valence-electron chi connectivity index (χ0n) is 11.8. The normalized spacial score (nSPS) is 21.6. The summed E-state index contributed by atoms with van der Waals surface area (Å²) in [6, 6.07) is 3.64. The minimum atomic E-state index is -3.79. The molecule has 1 aromatic rings. The van der Waals surface area contributed by atoms with Crippen molar-refractivity contribution < 1.29 is 21.6 Å². The Labute approximate surface area is 124 Å². The van der Waals surface area contributed by atoms with Crippen LogP contribution in [0.4, 0.5) is 5.69 Å². The van der Waals surface area contributed by atoms with Crippen LogP contribution in [0.3, 0.4) is 0 Å². The molecule has 1 heterocycles. The summed E-state index contributed by atoms with van der Waals surface area (Å²) in [6.07, 6.45) is 0.309. The second-order valence-electron chi connectivity index (χ2n) is 4.98. The van der Waals surface area contributed by atoms with E-state index in [4.69, 9.17) is 10.5 Å². The van der Waals surface area contributed by atoms with Crippen LogP contribution in [-0.4, -0.2) is 52.8 Å². The molecule has 1 aliphatic heterocycles. The number of hydrogen-bond acceptors (Lipinski definition) is 6. The van der Waals surface area contributed by atoms with Crippen molar-refractivity contribution in [2.75, 3.05) is 31.4 Å². The number of anilines is 1. The van der Waals surface area contributed by atoms with Crippen molar-refractivity contribution in [2.45, 2.75) is 17.4 Å². The zero-order chi connectivity index (χ0) is 15.8. The highest BCUT2D eigenvalue weighted by molar-refractivity contribution is 7.92. The fraction of sp³-hybridized carbons (Fsp3) is 0.500. The van der Waals surface area contributed by atoms with Gasteiger partial charge in [0.15, 0.2) is 9.84 Å². The van der Waals surface area contributed by atoms with E-state index in [1.165, 1.54) is 32.4 Å². The lowest BCUT2D eigenvalue weighted by atomic mass is 10.3. The molecule has 9 heteroatoms. The van der Waals surface area contributed by atoms with Gasteiger partial charge in [-0.3, -0.25) is 0 Å². The van der Waals surface area contributed by atoms with Crippen molar-refractivity contribution in [2.24, 2.45) is 0 Å². The molecule has 0 aromatic heterocycles. The van der Waals surface area contributed by atoms with E-state index < -0.39 is 25.9 Å². The van der Waals surface area contributed by atoms with Gasteiger partial charge in [0.05, 0.1) is 29.2 Å². The lowest BCUT2D eigenvalue weighted by Gasteiger charge is -2.23. The van der Waals surface area contributed by atoms with E-state index in [0.29, 0.717) is 12.2 Å². The van der Waals surface area contributed by atoms with Crippen LogP contribution < -0.4 is 10.5 Å². The van der Waals surface area contributed by atoms with E-state index >= 15 is 0 Å². The highest BCUT2D eigenvalue weighted by Crippen LogP contribution is 2.28. The standard InChI is InChI=1S/C12H18N2O5S2/c1-14(9-5-6-20(15,16)8-9)21(17,18)10-3-4-12(19-2)11(13)7-10/h3-4,7,9H,5-6,8,13H2,1-2H3. The number of ether oxygens (including phenoxy) is 1. The van der Waals surface area contributed by atoms with Gasteiger partial charge in [-0.05, 0) is 24.6 Å². The Balaban J connectivity index is 2.31. The minimum absolute atomic E-state index is 0.0161. The van der Waals surface area contributed by atoms with E-state index in [1.54, 1.807) is 0 Å². The summed E-state index contributed by atoms with van der Waals surface area (Å²) in [6.45, 7) is 0. The van der Waals surface area contributed by atoms with Gasteiger partial charge in [-0.25, -0.2) is 16.8 Å². The Morgan fingerprint density at radius 1 is 1.38 bits per heavy atom. The van der Waals surface area contributed by atoms with E-state index in [-0.39, 0.29) is 22.1 Å². The van der Waals surface area contributed by atoms with Gasteiger partial charge in [-0.1, -0.05) is 0 Å². The van der Waals surface area contributed by atoms with Gasteiger partial charge in [-0.2, -0.15) is 4.31 Å². The average molecular weight is 334 g/mol. The van der Waals surface area contributed by atoms with Crippen LogP contribution in [0.1, 0.15) is 6.42 Å². The molecule has 0 spiro atoms. The van der Waals surface area contributed by atoms with Gasteiger partial charge < -0.3 is 10.5 Å². The molecule has 0 amide bonds. The first-order chi connectivity index (χ1) is 9.67. The number of rotatable bonds is 4. The third-order valence-electron chi connectivity index (χ3n) is 3.60. The van der Waals surface area contributed by atoms with Gasteiger partial charge in [0.1, 0.15) is 5.75 Å². The van der Waals surface area contributed by atoms with Crippen molar-refractivity contribution in [1.82, 2.24) is 4.31 Å². The summed E-state index contributed by atoms with van der Waals surface area (Å²) in [4.78, 5) is 0.0209. The molecule has 0 radical (unpaired) electrons. The third kappa shape index (κ3) is 3.14. The molecule has 7 nitrogen and oxygen atoms in total. The smallest absolute Gasteiger partial charge is 0.243 e. The molecule has 1 unspecified atom stereocenters. The number of nitrogen functional groups attached to an aromatic ring is 1. The highest BCUT2D eigenvalue weighted by Gasteiger charge is 2.36. The van der Waals surface area contributed by atoms with Gasteiger partial charge in [0.2, 0.25) is 10.0 Å². The molecule has 0 saturated carbocycles. The van der Waals surface area contributed by atoms with Crippen LogP contribution in [-0.2, 0) is 19.9 Å². The fourth-order valence-corrected chi connectivity index (χ4v) is 5.59. The Kier molecular flexibility index (Phi) is 4.18. The third-order valence-corrected chi connectivity index (χ3v) is 7.26. The molecule has 1 aliphatic rings. The lowest BCUT2D eigenvalue weighted by molar-refractivity contribution is 0.393. The first-order valence-electron chi connectivity index (χ1n) is 6.29. The van der Waals surface area contributed by atoms with Crippen LogP contribution in [0.25, 0.3) is 0 Å². The van der Waals surface area contributed by atoms with E-state index in [0.717, 1.165) is 4.31 Å². The number of methoxy groups -OCH3 is 1. The Morgan fingerprint density at radius 3 is 2.52 bits per heavy atom. The van der Waals surface area contributed by atoms with Gasteiger partial charge >= 0.3 is 0 Å². The molecule has 0 bridgehead atoms. The number of hydrogen-bond donors (Lipinski definition) is 1. The summed E-state index contributed by atoms with van der Waals surface area (Å²) in [5, 5.41) is 0. The topological polar surface area (TPSA) is 107 Å². The summed E-state index contributed by atoms with van der Waals surface area (Å²) >= 11 is 0. The second-order valence-corrected chi connectivity index (χ2v) is 9.21. The van der Waals surface area contributed by atoms with Gasteiger partial charge in [0.25, 0.3) is 0 Å². The van der Waals surface area contributed by atoms with Gasteiger partial charge in [0, 0.05) is 13.1 Å². The fourth-order valence-electron chi connectivity index (χ4n) is 2.30. The molecule has 1 saturated heterocycles. The highest BCUT2D eigenvalue weighted by atomic mass is 32.2. The first-order valence-corrected chi connectivity index (χ1v) is 9.55. The average Bonchev–Trinajstić information content (AvgIpc) is 2.77. The molecular weight excluding hydrogens is 316 g/mol. The molecule has 21 heavy (non-hydrogen) atoms. The maximum absolute atomic E-state index is 12.5.